The summed E-state index contributed by atoms with van der Waals surface area (Å²) in [5, 5.41) is 3.06. The zero-order valence-electron chi connectivity index (χ0n) is 12.4. The Kier molecular flexibility index (Phi) is 5.57. The van der Waals surface area contributed by atoms with Gasteiger partial charge in [0.05, 0.1) is 0 Å². The summed E-state index contributed by atoms with van der Waals surface area (Å²) in [5.41, 5.74) is 4.44. The van der Waals surface area contributed by atoms with Crippen molar-refractivity contribution in [2.75, 3.05) is 5.32 Å². The predicted octanol–water partition coefficient (Wildman–Crippen LogP) is 4.89. The first-order chi connectivity index (χ1) is 10.1. The van der Waals surface area contributed by atoms with Crippen LogP contribution in [-0.2, 0) is 17.6 Å². The molecule has 0 atom stereocenters. The minimum Gasteiger partial charge on any atom is -0.326 e. The molecule has 0 heterocycles. The number of nitrogens with one attached hydrogen (secondary N) is 1. The third kappa shape index (κ3) is 4.43. The molecule has 0 bridgehead atoms. The molecule has 110 valence electrons. The van der Waals surface area contributed by atoms with Gasteiger partial charge in [-0.3, -0.25) is 4.79 Å². The number of hydrogen-bond donors (Lipinski definition) is 1. The molecule has 2 aromatic rings. The van der Waals surface area contributed by atoms with E-state index in [1.54, 1.807) is 0 Å². The number of amides is 1. The topological polar surface area (TPSA) is 29.1 Å². The van der Waals surface area contributed by atoms with E-state index in [1.807, 2.05) is 37.3 Å². The van der Waals surface area contributed by atoms with Crippen molar-refractivity contribution in [3.8, 4) is 0 Å². The fourth-order valence-corrected chi connectivity index (χ4v) is 2.80. The van der Waals surface area contributed by atoms with Gasteiger partial charge in [-0.05, 0) is 48.6 Å². The van der Waals surface area contributed by atoms with Crippen molar-refractivity contribution >= 4 is 27.5 Å². The van der Waals surface area contributed by atoms with E-state index in [1.165, 1.54) is 11.1 Å². The summed E-state index contributed by atoms with van der Waals surface area (Å²) in [6.45, 7) is 4.13. The molecule has 0 saturated heterocycles. The van der Waals surface area contributed by atoms with Crippen molar-refractivity contribution in [1.82, 2.24) is 0 Å². The van der Waals surface area contributed by atoms with E-state index in [4.69, 9.17) is 0 Å². The molecule has 0 aliphatic carbocycles. The zero-order chi connectivity index (χ0) is 15.2. The molecule has 0 radical (unpaired) electrons. The fourth-order valence-electron chi connectivity index (χ4n) is 2.35. The third-order valence-corrected chi connectivity index (χ3v) is 4.03. The molecule has 0 fully saturated rings. The van der Waals surface area contributed by atoms with Gasteiger partial charge in [0.25, 0.3) is 0 Å². The molecule has 0 spiro atoms. The van der Waals surface area contributed by atoms with Crippen molar-refractivity contribution in [3.63, 3.8) is 0 Å². The molecule has 21 heavy (non-hydrogen) atoms. The van der Waals surface area contributed by atoms with E-state index in [0.717, 1.165) is 28.6 Å². The number of hydrogen-bond acceptors (Lipinski definition) is 1. The summed E-state index contributed by atoms with van der Waals surface area (Å²) in [6, 6.07) is 14.2. The van der Waals surface area contributed by atoms with E-state index in [0.29, 0.717) is 6.42 Å². The van der Waals surface area contributed by atoms with Crippen LogP contribution >= 0.6 is 15.9 Å². The lowest BCUT2D eigenvalue weighted by atomic mass is 10.1. The van der Waals surface area contributed by atoms with E-state index in [-0.39, 0.29) is 5.91 Å². The van der Waals surface area contributed by atoms with Gasteiger partial charge in [-0.15, -0.1) is 0 Å². The average Bonchev–Trinajstić information content (AvgIpc) is 2.47. The Morgan fingerprint density at radius 3 is 2.67 bits per heavy atom. The lowest BCUT2D eigenvalue weighted by Crippen LogP contribution is -2.14. The van der Waals surface area contributed by atoms with Crippen LogP contribution in [0.5, 0.6) is 0 Å². The normalized spacial score (nSPS) is 10.4. The minimum atomic E-state index is 0.0685. The van der Waals surface area contributed by atoms with Crippen molar-refractivity contribution in [2.45, 2.75) is 33.1 Å². The van der Waals surface area contributed by atoms with E-state index in [9.17, 15) is 4.79 Å². The highest BCUT2D eigenvalue weighted by molar-refractivity contribution is 9.10. The molecule has 2 rings (SSSR count). The number of halogens is 1. The second kappa shape index (κ2) is 7.41. The fraction of sp³-hybridized carbons (Fsp3) is 0.278. The van der Waals surface area contributed by atoms with Gasteiger partial charge in [0, 0.05) is 16.6 Å². The molecule has 1 N–H and O–H groups in total. The quantitative estimate of drug-likeness (QED) is 0.820. The Morgan fingerprint density at radius 1 is 1.19 bits per heavy atom. The number of anilines is 1. The van der Waals surface area contributed by atoms with Crippen LogP contribution in [0.3, 0.4) is 0 Å². The van der Waals surface area contributed by atoms with E-state index < -0.39 is 0 Å². The molecule has 0 aliphatic rings. The Labute approximate surface area is 134 Å². The molecular weight excluding hydrogens is 326 g/mol. The Hall–Kier alpha value is -1.61. The summed E-state index contributed by atoms with van der Waals surface area (Å²) in [5.74, 6) is 0.0685. The van der Waals surface area contributed by atoms with Crippen LogP contribution in [0.1, 0.15) is 30.0 Å². The monoisotopic (exact) mass is 345 g/mol. The molecule has 3 heteroatoms. The van der Waals surface area contributed by atoms with Crippen LogP contribution in [0.2, 0.25) is 0 Å². The first-order valence-electron chi connectivity index (χ1n) is 7.23. The Bertz CT molecular complexity index is 637. The van der Waals surface area contributed by atoms with Gasteiger partial charge in [-0.2, -0.15) is 0 Å². The minimum absolute atomic E-state index is 0.0685. The maximum atomic E-state index is 12.2. The van der Waals surface area contributed by atoms with Crippen LogP contribution in [0.15, 0.2) is 46.9 Å². The smallest absolute Gasteiger partial charge is 0.224 e. The highest BCUT2D eigenvalue weighted by Crippen LogP contribution is 2.21. The Balaban J connectivity index is 1.99. The number of carbonyl (C=O) groups is 1. The van der Waals surface area contributed by atoms with Gasteiger partial charge in [0.2, 0.25) is 5.91 Å². The summed E-state index contributed by atoms with van der Waals surface area (Å²) < 4.78 is 1.05. The maximum absolute atomic E-state index is 12.2. The van der Waals surface area contributed by atoms with Crippen molar-refractivity contribution in [1.29, 1.82) is 0 Å². The van der Waals surface area contributed by atoms with Gasteiger partial charge in [0.1, 0.15) is 0 Å². The zero-order valence-corrected chi connectivity index (χ0v) is 14.0. The number of rotatable bonds is 5. The first-order valence-corrected chi connectivity index (χ1v) is 8.02. The van der Waals surface area contributed by atoms with Crippen LogP contribution < -0.4 is 5.32 Å². The Morgan fingerprint density at radius 2 is 1.95 bits per heavy atom. The van der Waals surface area contributed by atoms with Crippen LogP contribution in [0.4, 0.5) is 5.69 Å². The summed E-state index contributed by atoms with van der Waals surface area (Å²) in [6.07, 6.45) is 2.16. The van der Waals surface area contributed by atoms with Gasteiger partial charge < -0.3 is 5.32 Å². The molecule has 2 aromatic carbocycles. The third-order valence-electron chi connectivity index (χ3n) is 3.53. The second-order valence-corrected chi connectivity index (χ2v) is 6.06. The lowest BCUT2D eigenvalue weighted by Gasteiger charge is -2.13. The van der Waals surface area contributed by atoms with Crippen molar-refractivity contribution < 1.29 is 4.79 Å². The molecular formula is C18H20BrNO. The molecule has 0 aliphatic heterocycles. The van der Waals surface area contributed by atoms with Gasteiger partial charge in [0.15, 0.2) is 0 Å². The van der Waals surface area contributed by atoms with E-state index in [2.05, 4.69) is 40.3 Å². The number of benzene rings is 2. The molecule has 0 unspecified atom stereocenters. The van der Waals surface area contributed by atoms with Gasteiger partial charge >= 0.3 is 0 Å². The van der Waals surface area contributed by atoms with Crippen molar-refractivity contribution in [3.05, 3.63) is 63.6 Å². The van der Waals surface area contributed by atoms with Crippen molar-refractivity contribution in [2.24, 2.45) is 0 Å². The number of carbonyl (C=O) groups excluding carboxylic acids is 1. The standard InChI is InChI=1S/C18H20BrNO/c1-3-15-8-4-6-13(2)18(15)20-17(21)11-10-14-7-5-9-16(19)12-14/h4-9,12H,3,10-11H2,1-2H3,(H,20,21). The van der Waals surface area contributed by atoms with Gasteiger partial charge in [-0.1, -0.05) is 53.2 Å². The summed E-state index contributed by atoms with van der Waals surface area (Å²) >= 11 is 3.45. The second-order valence-electron chi connectivity index (χ2n) is 5.14. The number of para-hydroxylation sites is 1. The number of aryl methyl sites for hydroxylation is 3. The molecule has 1 amide bonds. The summed E-state index contributed by atoms with van der Waals surface area (Å²) in [7, 11) is 0. The molecule has 0 aromatic heterocycles. The maximum Gasteiger partial charge on any atom is 0.224 e. The van der Waals surface area contributed by atoms with Crippen LogP contribution in [-0.4, -0.2) is 5.91 Å². The highest BCUT2D eigenvalue weighted by Gasteiger charge is 2.08. The largest absolute Gasteiger partial charge is 0.326 e. The predicted molar refractivity (Wildman–Crippen MR) is 91.6 cm³/mol. The van der Waals surface area contributed by atoms with Crippen LogP contribution in [0, 0.1) is 6.92 Å². The SMILES string of the molecule is CCc1cccc(C)c1NC(=O)CCc1cccc(Br)c1. The van der Waals surface area contributed by atoms with E-state index >= 15 is 0 Å². The van der Waals surface area contributed by atoms with Crippen LogP contribution in [0.25, 0.3) is 0 Å². The lowest BCUT2D eigenvalue weighted by molar-refractivity contribution is -0.116. The molecule has 2 nitrogen and oxygen atoms in total. The van der Waals surface area contributed by atoms with Gasteiger partial charge in [-0.25, -0.2) is 0 Å². The summed E-state index contributed by atoms with van der Waals surface area (Å²) in [4.78, 5) is 12.2. The first kappa shape index (κ1) is 15.8. The average molecular weight is 346 g/mol. The highest BCUT2D eigenvalue weighted by atomic mass is 79.9. The molecule has 0 saturated carbocycles.